The molecule has 0 saturated carbocycles. The Bertz CT molecular complexity index is 640. The molecule has 0 bridgehead atoms. The van der Waals surface area contributed by atoms with Gasteiger partial charge in [-0.3, -0.25) is 0 Å². The van der Waals surface area contributed by atoms with Crippen molar-refractivity contribution in [2.45, 2.75) is 19.5 Å². The minimum atomic E-state index is -0.0214. The number of carbonyl (C=O) groups is 1. The molecule has 0 spiro atoms. The molecule has 2 amide bonds. The summed E-state index contributed by atoms with van der Waals surface area (Å²) in [6, 6.07) is 15.8. The summed E-state index contributed by atoms with van der Waals surface area (Å²) in [6.45, 7) is 1.89. The number of anilines is 1. The molecule has 4 nitrogen and oxygen atoms in total. The van der Waals surface area contributed by atoms with E-state index in [9.17, 15) is 4.79 Å². The van der Waals surface area contributed by atoms with Gasteiger partial charge in [0, 0.05) is 25.3 Å². The first-order valence-electron chi connectivity index (χ1n) is 7.17. The highest BCUT2D eigenvalue weighted by molar-refractivity contribution is 5.74. The molecule has 1 aliphatic rings. The molecule has 4 heteroatoms. The summed E-state index contributed by atoms with van der Waals surface area (Å²) in [5.74, 6) is 0. The Morgan fingerprint density at radius 2 is 1.95 bits per heavy atom. The van der Waals surface area contributed by atoms with Crippen molar-refractivity contribution in [1.82, 2.24) is 10.2 Å². The predicted molar refractivity (Wildman–Crippen MR) is 83.6 cm³/mol. The fourth-order valence-corrected chi connectivity index (χ4v) is 2.70. The Hall–Kier alpha value is -2.49. The van der Waals surface area contributed by atoms with E-state index in [1.165, 1.54) is 5.56 Å². The van der Waals surface area contributed by atoms with E-state index in [1.54, 1.807) is 0 Å². The molecule has 3 rings (SSSR count). The largest absolute Gasteiger partial charge is 0.398 e. The van der Waals surface area contributed by atoms with Crippen LogP contribution in [0.4, 0.5) is 10.5 Å². The van der Waals surface area contributed by atoms with Gasteiger partial charge in [-0.1, -0.05) is 42.5 Å². The third-order valence-electron chi connectivity index (χ3n) is 3.88. The Kier molecular flexibility index (Phi) is 3.77. The number of hydrogen-bond acceptors (Lipinski definition) is 2. The molecule has 3 N–H and O–H groups in total. The van der Waals surface area contributed by atoms with Crippen molar-refractivity contribution in [1.29, 1.82) is 0 Å². The van der Waals surface area contributed by atoms with Gasteiger partial charge in [0.15, 0.2) is 0 Å². The minimum Gasteiger partial charge on any atom is -0.398 e. The van der Waals surface area contributed by atoms with Gasteiger partial charge in [0.1, 0.15) is 0 Å². The summed E-state index contributed by atoms with van der Waals surface area (Å²) in [7, 11) is 0. The SMILES string of the molecule is Nc1cccc2c1CCN(C(=O)NCc1ccccc1)C2. The van der Waals surface area contributed by atoms with E-state index in [1.807, 2.05) is 53.4 Å². The standard InChI is InChI=1S/C17H19N3O/c18-16-8-4-7-14-12-20(10-9-15(14)16)17(21)19-11-13-5-2-1-3-6-13/h1-8H,9-12,18H2,(H,19,21). The highest BCUT2D eigenvalue weighted by Crippen LogP contribution is 2.23. The fourth-order valence-electron chi connectivity index (χ4n) is 2.70. The number of hydrogen-bond donors (Lipinski definition) is 2. The highest BCUT2D eigenvalue weighted by atomic mass is 16.2. The molecule has 0 atom stereocenters. The lowest BCUT2D eigenvalue weighted by atomic mass is 9.98. The lowest BCUT2D eigenvalue weighted by molar-refractivity contribution is 0.192. The normalized spacial score (nSPS) is 13.6. The molecule has 1 aliphatic heterocycles. The van der Waals surface area contributed by atoms with E-state index in [-0.39, 0.29) is 6.03 Å². The van der Waals surface area contributed by atoms with E-state index in [2.05, 4.69) is 5.32 Å². The van der Waals surface area contributed by atoms with Crippen LogP contribution >= 0.6 is 0 Å². The molecule has 0 fully saturated rings. The van der Waals surface area contributed by atoms with Crippen LogP contribution in [-0.2, 0) is 19.5 Å². The molecule has 0 radical (unpaired) electrons. The topological polar surface area (TPSA) is 58.4 Å². The molecule has 0 saturated heterocycles. The van der Waals surface area contributed by atoms with Crippen molar-refractivity contribution in [2.75, 3.05) is 12.3 Å². The van der Waals surface area contributed by atoms with Crippen LogP contribution in [0.5, 0.6) is 0 Å². The summed E-state index contributed by atoms with van der Waals surface area (Å²) in [4.78, 5) is 14.1. The molecular formula is C17H19N3O. The number of nitrogen functional groups attached to an aromatic ring is 1. The average molecular weight is 281 g/mol. The summed E-state index contributed by atoms with van der Waals surface area (Å²) < 4.78 is 0. The first kappa shape index (κ1) is 13.5. The van der Waals surface area contributed by atoms with Gasteiger partial charge in [0.25, 0.3) is 0 Å². The molecule has 108 valence electrons. The summed E-state index contributed by atoms with van der Waals surface area (Å²) >= 11 is 0. The molecule has 21 heavy (non-hydrogen) atoms. The fraction of sp³-hybridized carbons (Fsp3) is 0.235. The number of nitrogens with zero attached hydrogens (tertiary/aromatic N) is 1. The lowest BCUT2D eigenvalue weighted by Gasteiger charge is -2.29. The third kappa shape index (κ3) is 2.99. The summed E-state index contributed by atoms with van der Waals surface area (Å²) in [5, 5.41) is 2.97. The van der Waals surface area contributed by atoms with Gasteiger partial charge in [0.05, 0.1) is 0 Å². The van der Waals surface area contributed by atoms with Crippen molar-refractivity contribution in [2.24, 2.45) is 0 Å². The Morgan fingerprint density at radius 3 is 2.76 bits per heavy atom. The van der Waals surface area contributed by atoms with Crippen LogP contribution in [-0.4, -0.2) is 17.5 Å². The van der Waals surface area contributed by atoms with Crippen LogP contribution in [0.25, 0.3) is 0 Å². The number of nitrogens with two attached hydrogens (primary N) is 1. The number of urea groups is 1. The smallest absolute Gasteiger partial charge is 0.317 e. The second-order valence-corrected chi connectivity index (χ2v) is 5.30. The van der Waals surface area contributed by atoms with Crippen LogP contribution in [0.15, 0.2) is 48.5 Å². The molecule has 0 aliphatic carbocycles. The predicted octanol–water partition coefficient (Wildman–Crippen LogP) is 2.54. The van der Waals surface area contributed by atoms with Gasteiger partial charge in [-0.15, -0.1) is 0 Å². The monoisotopic (exact) mass is 281 g/mol. The minimum absolute atomic E-state index is 0.0214. The van der Waals surface area contributed by atoms with E-state index in [0.29, 0.717) is 19.6 Å². The van der Waals surface area contributed by atoms with E-state index >= 15 is 0 Å². The lowest BCUT2D eigenvalue weighted by Crippen LogP contribution is -2.42. The van der Waals surface area contributed by atoms with Crippen molar-refractivity contribution < 1.29 is 4.79 Å². The van der Waals surface area contributed by atoms with Gasteiger partial charge in [-0.25, -0.2) is 4.79 Å². The van der Waals surface area contributed by atoms with Crippen molar-refractivity contribution in [3.63, 3.8) is 0 Å². The maximum Gasteiger partial charge on any atom is 0.317 e. The van der Waals surface area contributed by atoms with Crippen molar-refractivity contribution >= 4 is 11.7 Å². The zero-order chi connectivity index (χ0) is 14.7. The zero-order valence-electron chi connectivity index (χ0n) is 11.9. The van der Waals surface area contributed by atoms with Crippen LogP contribution in [0.3, 0.4) is 0 Å². The Morgan fingerprint density at radius 1 is 1.14 bits per heavy atom. The third-order valence-corrected chi connectivity index (χ3v) is 3.88. The van der Waals surface area contributed by atoms with Crippen molar-refractivity contribution in [3.05, 3.63) is 65.2 Å². The average Bonchev–Trinajstić information content (AvgIpc) is 2.53. The second kappa shape index (κ2) is 5.87. The molecule has 1 heterocycles. The molecule has 0 aromatic heterocycles. The molecule has 2 aromatic carbocycles. The van der Waals surface area contributed by atoms with E-state index in [0.717, 1.165) is 23.2 Å². The number of fused-ring (bicyclic) bond motifs is 1. The maximum absolute atomic E-state index is 12.2. The zero-order valence-corrected chi connectivity index (χ0v) is 11.9. The Labute approximate surface area is 124 Å². The van der Waals surface area contributed by atoms with Gasteiger partial charge in [-0.05, 0) is 29.2 Å². The van der Waals surface area contributed by atoms with Crippen molar-refractivity contribution in [3.8, 4) is 0 Å². The molecular weight excluding hydrogens is 262 g/mol. The van der Waals surface area contributed by atoms with Crippen LogP contribution in [0, 0.1) is 0 Å². The van der Waals surface area contributed by atoms with Gasteiger partial charge in [0.2, 0.25) is 0 Å². The number of benzene rings is 2. The maximum atomic E-state index is 12.2. The van der Waals surface area contributed by atoms with Gasteiger partial charge in [-0.2, -0.15) is 0 Å². The Balaban J connectivity index is 1.62. The molecule has 2 aromatic rings. The second-order valence-electron chi connectivity index (χ2n) is 5.30. The number of carbonyl (C=O) groups excluding carboxylic acids is 1. The van der Waals surface area contributed by atoms with E-state index in [4.69, 9.17) is 5.73 Å². The first-order chi connectivity index (χ1) is 10.2. The summed E-state index contributed by atoms with van der Waals surface area (Å²) in [6.07, 6.45) is 0.820. The summed E-state index contributed by atoms with van der Waals surface area (Å²) in [5.41, 5.74) is 10.2. The van der Waals surface area contributed by atoms with Crippen LogP contribution in [0.1, 0.15) is 16.7 Å². The van der Waals surface area contributed by atoms with Gasteiger partial charge >= 0.3 is 6.03 Å². The highest BCUT2D eigenvalue weighted by Gasteiger charge is 2.21. The van der Waals surface area contributed by atoms with E-state index < -0.39 is 0 Å². The number of amides is 2. The van der Waals surface area contributed by atoms with Crippen LogP contribution < -0.4 is 11.1 Å². The number of rotatable bonds is 2. The number of nitrogens with one attached hydrogen (secondary N) is 1. The van der Waals surface area contributed by atoms with Crippen LogP contribution in [0.2, 0.25) is 0 Å². The quantitative estimate of drug-likeness (QED) is 0.831. The molecule has 0 unspecified atom stereocenters. The first-order valence-corrected chi connectivity index (χ1v) is 7.17. The van der Waals surface area contributed by atoms with Gasteiger partial charge < -0.3 is 16.0 Å².